The Morgan fingerprint density at radius 3 is 1.68 bits per heavy atom. The van der Waals surface area contributed by atoms with Crippen LogP contribution < -0.4 is 14.5 Å². The Morgan fingerprint density at radius 2 is 1.03 bits per heavy atom. The quantitative estimate of drug-likeness (QED) is 0.129. The predicted molar refractivity (Wildman–Crippen MR) is 265 cm³/mol. The summed E-state index contributed by atoms with van der Waals surface area (Å²) in [7, 11) is 0. The number of rotatable bonds is 11. The van der Waals surface area contributed by atoms with Gasteiger partial charge < -0.3 is 14.5 Å². The van der Waals surface area contributed by atoms with Crippen molar-refractivity contribution in [3.05, 3.63) is 253 Å². The molecule has 0 heterocycles. The van der Waals surface area contributed by atoms with Crippen molar-refractivity contribution >= 4 is 61.7 Å². The van der Waals surface area contributed by atoms with Crippen molar-refractivity contribution in [3.63, 3.8) is 0 Å². The van der Waals surface area contributed by atoms with Gasteiger partial charge in [0.1, 0.15) is 12.4 Å². The second-order valence-corrected chi connectivity index (χ2v) is 16.1. The van der Waals surface area contributed by atoms with Crippen molar-refractivity contribution in [2.45, 2.75) is 13.0 Å². The molecule has 1 aliphatic rings. The van der Waals surface area contributed by atoms with Gasteiger partial charge in [0.2, 0.25) is 0 Å². The summed E-state index contributed by atoms with van der Waals surface area (Å²) >= 11 is 0. The van der Waals surface area contributed by atoms with E-state index < -0.39 is 0 Å². The maximum absolute atomic E-state index is 6.36. The Hall–Kier alpha value is -8.14. The highest BCUT2D eigenvalue weighted by atomic mass is 16.5. The topological polar surface area (TPSA) is 15.7 Å². The molecule has 11 rings (SSSR count). The molecule has 63 heavy (non-hydrogen) atoms. The molecule has 300 valence electrons. The van der Waals surface area contributed by atoms with E-state index in [1.165, 1.54) is 49.4 Å². The zero-order valence-corrected chi connectivity index (χ0v) is 34.9. The van der Waals surface area contributed by atoms with Crippen LogP contribution in [0.2, 0.25) is 0 Å². The highest BCUT2D eigenvalue weighted by molar-refractivity contribution is 6.04. The summed E-state index contributed by atoms with van der Waals surface area (Å²) < 4.78 is 6.36. The number of hydrogen-bond acceptors (Lipinski definition) is 3. The first-order chi connectivity index (χ1) is 31.2. The van der Waals surface area contributed by atoms with Gasteiger partial charge in [0, 0.05) is 33.4 Å². The van der Waals surface area contributed by atoms with E-state index in [-0.39, 0.29) is 0 Å². The van der Waals surface area contributed by atoms with E-state index in [0.29, 0.717) is 6.61 Å². The highest BCUT2D eigenvalue weighted by Gasteiger charge is 2.29. The summed E-state index contributed by atoms with van der Waals surface area (Å²) in [4.78, 5) is 4.85. The van der Waals surface area contributed by atoms with Crippen LogP contribution in [0.15, 0.2) is 231 Å². The maximum atomic E-state index is 6.36. The predicted octanol–water partition coefficient (Wildman–Crippen LogP) is 16.4. The minimum absolute atomic E-state index is 0.488. The molecule has 0 amide bonds. The summed E-state index contributed by atoms with van der Waals surface area (Å²) in [6.07, 6.45) is 2.65. The Kier molecular flexibility index (Phi) is 9.83. The molecule has 10 aromatic rings. The van der Waals surface area contributed by atoms with Gasteiger partial charge in [0.15, 0.2) is 0 Å². The smallest absolute Gasteiger partial charge is 0.119 e. The van der Waals surface area contributed by atoms with Gasteiger partial charge in [-0.05, 0) is 123 Å². The molecule has 0 saturated heterocycles. The molecule has 0 N–H and O–H groups in total. The fourth-order valence-electron chi connectivity index (χ4n) is 9.33. The number of para-hydroxylation sites is 2. The lowest BCUT2D eigenvalue weighted by atomic mass is 9.92. The minimum atomic E-state index is 0.488. The molecule has 0 atom stereocenters. The van der Waals surface area contributed by atoms with Crippen molar-refractivity contribution < 1.29 is 4.74 Å². The third-order valence-corrected chi connectivity index (χ3v) is 12.3. The van der Waals surface area contributed by atoms with E-state index in [4.69, 9.17) is 4.74 Å². The molecule has 0 fully saturated rings. The molecule has 10 aromatic carbocycles. The molecule has 0 unspecified atom stereocenters. The summed E-state index contributed by atoms with van der Waals surface area (Å²) in [6.45, 7) is 4.38. The van der Waals surface area contributed by atoms with Crippen LogP contribution in [-0.4, -0.2) is 0 Å². The second kappa shape index (κ2) is 16.4. The first kappa shape index (κ1) is 37.8. The van der Waals surface area contributed by atoms with Crippen molar-refractivity contribution in [2.24, 2.45) is 0 Å². The van der Waals surface area contributed by atoms with Gasteiger partial charge in [-0.15, -0.1) is 0 Å². The Balaban J connectivity index is 1.06. The fraction of sp³-hybridized carbons (Fsp3) is 0.0333. The van der Waals surface area contributed by atoms with Crippen LogP contribution in [0, 0.1) is 0 Å². The Bertz CT molecular complexity index is 3260. The Morgan fingerprint density at radius 1 is 0.460 bits per heavy atom. The highest BCUT2D eigenvalue weighted by Crippen LogP contribution is 2.51. The van der Waals surface area contributed by atoms with Crippen LogP contribution in [0.1, 0.15) is 22.3 Å². The van der Waals surface area contributed by atoms with Crippen LogP contribution >= 0.6 is 0 Å². The third-order valence-electron chi connectivity index (χ3n) is 12.3. The van der Waals surface area contributed by atoms with Crippen molar-refractivity contribution in [1.29, 1.82) is 0 Å². The largest absolute Gasteiger partial charge is 0.489 e. The zero-order valence-electron chi connectivity index (χ0n) is 34.9. The van der Waals surface area contributed by atoms with E-state index in [0.717, 1.165) is 63.0 Å². The summed E-state index contributed by atoms with van der Waals surface area (Å²) in [5, 5.41) is 4.83. The molecule has 0 aliphatic heterocycles. The molecule has 3 heteroatoms. The van der Waals surface area contributed by atoms with Crippen LogP contribution in [0.4, 0.5) is 34.1 Å². The number of benzene rings is 10. The normalized spacial score (nSPS) is 11.6. The SMILES string of the molecule is C=Cc1ccc(COc2ccc(-c3c(N(c4ccccc4)c4cccc5ccccc45)ccc4c3Cc3cc(N(c5ccccc5)c5cccc6ccccc56)ccc3-4)cc2)cc1. The molecule has 0 spiro atoms. The monoisotopic (exact) mass is 808 g/mol. The van der Waals surface area contributed by atoms with E-state index in [1.807, 2.05) is 6.08 Å². The fourth-order valence-corrected chi connectivity index (χ4v) is 9.33. The lowest BCUT2D eigenvalue weighted by Gasteiger charge is -2.30. The van der Waals surface area contributed by atoms with Crippen molar-refractivity contribution in [2.75, 3.05) is 9.80 Å². The summed E-state index contributed by atoms with van der Waals surface area (Å²) in [5.74, 6) is 0.831. The molecular formula is C60H44N2O. The van der Waals surface area contributed by atoms with Gasteiger partial charge in [-0.3, -0.25) is 0 Å². The number of anilines is 6. The average molecular weight is 809 g/mol. The lowest BCUT2D eigenvalue weighted by molar-refractivity contribution is 0.306. The van der Waals surface area contributed by atoms with E-state index in [2.05, 4.69) is 241 Å². The van der Waals surface area contributed by atoms with Crippen molar-refractivity contribution in [3.8, 4) is 28.0 Å². The third kappa shape index (κ3) is 7.10. The second-order valence-electron chi connectivity index (χ2n) is 16.1. The molecular weight excluding hydrogens is 765 g/mol. The molecule has 1 aliphatic carbocycles. The molecule has 0 aromatic heterocycles. The van der Waals surface area contributed by atoms with Gasteiger partial charge in [-0.1, -0.05) is 170 Å². The molecule has 3 nitrogen and oxygen atoms in total. The van der Waals surface area contributed by atoms with Crippen LogP contribution in [0.3, 0.4) is 0 Å². The molecule has 0 saturated carbocycles. The van der Waals surface area contributed by atoms with Gasteiger partial charge in [0.25, 0.3) is 0 Å². The standard InChI is InChI=1S/C60H44N2O/c1-2-42-27-29-43(30-28-42)41-63-51-34-31-46(32-35-51)60-56-40-47-39-50(61(48-19-5-3-6-20-48)57-25-13-17-44-15-9-11-23-53(44)57)33-36-52(47)55(56)37-38-59(60)62(49-21-7-4-8-22-49)58-26-14-18-45-16-10-12-24-54(45)58/h2-39H,1,40-41H2. The molecule has 0 bridgehead atoms. The number of ether oxygens (including phenoxy) is 1. The first-order valence-electron chi connectivity index (χ1n) is 21.6. The summed E-state index contributed by atoms with van der Waals surface area (Å²) in [6, 6.07) is 80.8. The summed E-state index contributed by atoms with van der Waals surface area (Å²) in [5.41, 5.74) is 16.5. The van der Waals surface area contributed by atoms with Crippen LogP contribution in [-0.2, 0) is 13.0 Å². The number of hydrogen-bond donors (Lipinski definition) is 0. The average Bonchev–Trinajstić information content (AvgIpc) is 3.73. The van der Waals surface area contributed by atoms with Crippen LogP contribution in [0.25, 0.3) is 49.9 Å². The van der Waals surface area contributed by atoms with E-state index >= 15 is 0 Å². The lowest BCUT2D eigenvalue weighted by Crippen LogP contribution is -2.12. The number of fused-ring (bicyclic) bond motifs is 5. The first-order valence-corrected chi connectivity index (χ1v) is 21.6. The minimum Gasteiger partial charge on any atom is -0.489 e. The van der Waals surface area contributed by atoms with Gasteiger partial charge in [0.05, 0.1) is 17.1 Å². The van der Waals surface area contributed by atoms with Crippen LogP contribution in [0.5, 0.6) is 5.75 Å². The zero-order chi connectivity index (χ0) is 42.1. The van der Waals surface area contributed by atoms with Crippen molar-refractivity contribution in [1.82, 2.24) is 0 Å². The van der Waals surface area contributed by atoms with Gasteiger partial charge in [-0.25, -0.2) is 0 Å². The van der Waals surface area contributed by atoms with E-state index in [1.54, 1.807) is 0 Å². The Labute approximate surface area is 369 Å². The van der Waals surface area contributed by atoms with Gasteiger partial charge in [-0.2, -0.15) is 0 Å². The maximum Gasteiger partial charge on any atom is 0.119 e. The molecule has 0 radical (unpaired) electrons. The van der Waals surface area contributed by atoms with E-state index in [9.17, 15) is 0 Å². The van der Waals surface area contributed by atoms with Gasteiger partial charge >= 0.3 is 0 Å². The number of nitrogens with zero attached hydrogens (tertiary/aromatic N) is 2.